The Morgan fingerprint density at radius 1 is 0.968 bits per heavy atom. The zero-order valence-electron chi connectivity index (χ0n) is 17.0. The number of alkyl halides is 3. The molecule has 0 saturated carbocycles. The topological polar surface area (TPSA) is 47.0 Å². The number of aromatic nitrogens is 2. The van der Waals surface area contributed by atoms with Crippen LogP contribution >= 0.6 is 0 Å². The van der Waals surface area contributed by atoms with Gasteiger partial charge >= 0.3 is 6.18 Å². The van der Waals surface area contributed by atoms with E-state index in [2.05, 4.69) is 27.4 Å². The summed E-state index contributed by atoms with van der Waals surface area (Å²) in [5.74, 6) is 0. The van der Waals surface area contributed by atoms with Gasteiger partial charge in [0.05, 0.1) is 30.2 Å². The van der Waals surface area contributed by atoms with E-state index >= 15 is 0 Å². The van der Waals surface area contributed by atoms with E-state index < -0.39 is 11.7 Å². The van der Waals surface area contributed by atoms with Gasteiger partial charge in [-0.05, 0) is 55.8 Å². The average molecular weight is 427 g/mol. The molecule has 3 heterocycles. The Kier molecular flexibility index (Phi) is 6.34. The van der Waals surface area contributed by atoms with E-state index in [0.29, 0.717) is 12.2 Å². The van der Waals surface area contributed by atoms with Crippen LogP contribution < -0.4 is 5.32 Å². The van der Waals surface area contributed by atoms with E-state index in [0.717, 1.165) is 38.1 Å². The summed E-state index contributed by atoms with van der Waals surface area (Å²) in [4.78, 5) is 8.35. The van der Waals surface area contributed by atoms with Gasteiger partial charge in [-0.25, -0.2) is 0 Å². The molecule has 1 saturated heterocycles. The molecule has 1 aliphatic rings. The Balaban J connectivity index is 1.56. The van der Waals surface area contributed by atoms with E-state index in [1.54, 1.807) is 12.1 Å². The van der Waals surface area contributed by atoms with Gasteiger partial charge in [0.15, 0.2) is 0 Å². The van der Waals surface area contributed by atoms with E-state index in [1.165, 1.54) is 18.0 Å². The Bertz CT molecular complexity index is 988. The van der Waals surface area contributed by atoms with Crippen LogP contribution in [0.4, 0.5) is 13.2 Å². The molecule has 7 heteroatoms. The second kappa shape index (κ2) is 9.16. The predicted molar refractivity (Wildman–Crippen MR) is 112 cm³/mol. The number of piperidine rings is 1. The van der Waals surface area contributed by atoms with Crippen molar-refractivity contribution >= 4 is 0 Å². The standard InChI is InChI=1S/C24H24F3N3O/c25-24(26,27)20-14-21(30-22(15-20)18-6-10-28-11-7-18)16-31-17-23(8-12-29-13-9-23)19-4-2-1-3-5-19/h1-7,10-11,14-15,29H,8-9,12-13,16-17H2. The van der Waals surface area contributed by atoms with Gasteiger partial charge < -0.3 is 10.1 Å². The van der Waals surface area contributed by atoms with Crippen molar-refractivity contribution in [3.8, 4) is 11.3 Å². The van der Waals surface area contributed by atoms with E-state index in [9.17, 15) is 13.2 Å². The number of nitrogens with one attached hydrogen (secondary N) is 1. The first-order valence-electron chi connectivity index (χ1n) is 10.3. The minimum Gasteiger partial charge on any atom is -0.374 e. The highest BCUT2D eigenvalue weighted by Gasteiger charge is 2.35. The number of pyridine rings is 2. The molecule has 0 amide bonds. The molecule has 0 unspecified atom stereocenters. The molecular weight excluding hydrogens is 403 g/mol. The monoisotopic (exact) mass is 427 g/mol. The van der Waals surface area contributed by atoms with E-state index in [-0.39, 0.29) is 23.4 Å². The summed E-state index contributed by atoms with van der Waals surface area (Å²) in [6.07, 6.45) is 0.437. The fourth-order valence-electron chi connectivity index (χ4n) is 4.06. The number of benzene rings is 1. The van der Waals surface area contributed by atoms with Crippen molar-refractivity contribution in [2.45, 2.75) is 31.0 Å². The van der Waals surface area contributed by atoms with E-state index in [1.807, 2.05) is 18.2 Å². The van der Waals surface area contributed by atoms with Crippen LogP contribution in [0, 0.1) is 0 Å². The minimum absolute atomic E-state index is 0.0179. The largest absolute Gasteiger partial charge is 0.416 e. The zero-order valence-corrected chi connectivity index (χ0v) is 17.0. The number of ether oxygens (including phenoxy) is 1. The van der Waals surface area contributed by atoms with Crippen molar-refractivity contribution < 1.29 is 17.9 Å². The second-order valence-corrected chi connectivity index (χ2v) is 7.86. The van der Waals surface area contributed by atoms with Gasteiger partial charge in [-0.2, -0.15) is 13.2 Å². The molecule has 1 fully saturated rings. The smallest absolute Gasteiger partial charge is 0.374 e. The lowest BCUT2D eigenvalue weighted by atomic mass is 9.74. The lowest BCUT2D eigenvalue weighted by molar-refractivity contribution is -0.137. The van der Waals surface area contributed by atoms with Crippen LogP contribution in [0.25, 0.3) is 11.3 Å². The fraction of sp³-hybridized carbons (Fsp3) is 0.333. The minimum atomic E-state index is -4.46. The zero-order chi connectivity index (χ0) is 21.7. The molecule has 0 spiro atoms. The van der Waals surface area contributed by atoms with Gasteiger partial charge in [0, 0.05) is 23.4 Å². The van der Waals surface area contributed by atoms with Crippen molar-refractivity contribution in [1.82, 2.24) is 15.3 Å². The van der Waals surface area contributed by atoms with Gasteiger partial charge in [0.1, 0.15) is 0 Å². The number of nitrogens with zero attached hydrogens (tertiary/aromatic N) is 2. The number of halogens is 3. The SMILES string of the molecule is FC(F)(F)c1cc(COCC2(c3ccccc3)CCNCC2)nc(-c2ccncc2)c1. The molecule has 2 aromatic heterocycles. The molecule has 1 aromatic carbocycles. The van der Waals surface area contributed by atoms with Crippen LogP contribution in [0.5, 0.6) is 0 Å². The second-order valence-electron chi connectivity index (χ2n) is 7.86. The quantitative estimate of drug-likeness (QED) is 0.601. The molecule has 1 aliphatic heterocycles. The van der Waals surface area contributed by atoms with Crippen molar-refractivity contribution in [2.75, 3.05) is 19.7 Å². The Labute approximate surface area is 179 Å². The van der Waals surface area contributed by atoms with Gasteiger partial charge in [-0.15, -0.1) is 0 Å². The Morgan fingerprint density at radius 2 is 1.68 bits per heavy atom. The first kappa shape index (κ1) is 21.5. The van der Waals surface area contributed by atoms with Crippen LogP contribution in [-0.4, -0.2) is 29.7 Å². The summed E-state index contributed by atoms with van der Waals surface area (Å²) in [7, 11) is 0. The number of hydrogen-bond acceptors (Lipinski definition) is 4. The van der Waals surface area contributed by atoms with E-state index in [4.69, 9.17) is 4.74 Å². The highest BCUT2D eigenvalue weighted by atomic mass is 19.4. The van der Waals surface area contributed by atoms with Crippen LogP contribution in [-0.2, 0) is 22.9 Å². The summed E-state index contributed by atoms with van der Waals surface area (Å²) in [6, 6.07) is 15.6. The predicted octanol–water partition coefficient (Wildman–Crippen LogP) is 5.00. The molecule has 162 valence electrons. The molecule has 1 N–H and O–H groups in total. The number of rotatable bonds is 6. The molecule has 4 nitrogen and oxygen atoms in total. The lowest BCUT2D eigenvalue weighted by Crippen LogP contribution is -2.43. The third-order valence-corrected chi connectivity index (χ3v) is 5.76. The summed E-state index contributed by atoms with van der Waals surface area (Å²) in [5.41, 5.74) is 1.43. The van der Waals surface area contributed by atoms with Crippen molar-refractivity contribution in [1.29, 1.82) is 0 Å². The summed E-state index contributed by atoms with van der Waals surface area (Å²) >= 11 is 0. The fourth-order valence-corrected chi connectivity index (χ4v) is 4.06. The maximum absolute atomic E-state index is 13.5. The first-order chi connectivity index (χ1) is 15.0. The number of hydrogen-bond donors (Lipinski definition) is 1. The molecule has 31 heavy (non-hydrogen) atoms. The summed E-state index contributed by atoms with van der Waals surface area (Å²) in [5, 5.41) is 3.37. The van der Waals surface area contributed by atoms with Gasteiger partial charge in [-0.1, -0.05) is 30.3 Å². The van der Waals surface area contributed by atoms with Crippen molar-refractivity contribution in [3.63, 3.8) is 0 Å². The van der Waals surface area contributed by atoms with Gasteiger partial charge in [0.2, 0.25) is 0 Å². The van der Waals surface area contributed by atoms with Crippen LogP contribution in [0.15, 0.2) is 67.0 Å². The average Bonchev–Trinajstić information content (AvgIpc) is 2.80. The molecule has 0 atom stereocenters. The third-order valence-electron chi connectivity index (χ3n) is 5.76. The first-order valence-corrected chi connectivity index (χ1v) is 10.3. The van der Waals surface area contributed by atoms with Gasteiger partial charge in [0.25, 0.3) is 0 Å². The van der Waals surface area contributed by atoms with Crippen molar-refractivity contribution in [3.05, 3.63) is 83.8 Å². The molecule has 4 rings (SSSR count). The van der Waals surface area contributed by atoms with Crippen LogP contribution in [0.3, 0.4) is 0 Å². The maximum atomic E-state index is 13.5. The maximum Gasteiger partial charge on any atom is 0.416 e. The highest BCUT2D eigenvalue weighted by molar-refractivity contribution is 5.59. The molecule has 0 aliphatic carbocycles. The normalized spacial score (nSPS) is 16.2. The molecular formula is C24H24F3N3O. The lowest BCUT2D eigenvalue weighted by Gasteiger charge is -2.38. The van der Waals surface area contributed by atoms with Gasteiger partial charge in [-0.3, -0.25) is 9.97 Å². The van der Waals surface area contributed by atoms with Crippen molar-refractivity contribution in [2.24, 2.45) is 0 Å². The summed E-state index contributed by atoms with van der Waals surface area (Å²) < 4.78 is 46.4. The molecule has 3 aromatic rings. The highest BCUT2D eigenvalue weighted by Crippen LogP contribution is 2.35. The van der Waals surface area contributed by atoms with Crippen LogP contribution in [0.2, 0.25) is 0 Å². The third kappa shape index (κ3) is 5.11. The Hall–Kier alpha value is -2.77. The molecule has 0 bridgehead atoms. The van der Waals surface area contributed by atoms with Crippen LogP contribution in [0.1, 0.15) is 29.7 Å². The summed E-state index contributed by atoms with van der Waals surface area (Å²) in [6.45, 7) is 2.21. The Morgan fingerprint density at radius 3 is 2.35 bits per heavy atom. The molecule has 0 radical (unpaired) electrons.